The van der Waals surface area contributed by atoms with Crippen LogP contribution in [0.4, 0.5) is 0 Å². The number of hydrogen-bond donors (Lipinski definition) is 0. The van der Waals surface area contributed by atoms with Gasteiger partial charge in [-0.2, -0.15) is 0 Å². The molecule has 0 amide bonds. The molecule has 88 valence electrons. The van der Waals surface area contributed by atoms with Crippen molar-refractivity contribution in [2.75, 3.05) is 0 Å². The minimum Gasteiger partial charge on any atom is -0.658 e. The van der Waals surface area contributed by atoms with Gasteiger partial charge in [-0.3, -0.25) is 0 Å². The Balaban J connectivity index is -0.000000180. The molecule has 0 rings (SSSR count). The Bertz CT molecular complexity index is 86.2. The van der Waals surface area contributed by atoms with Gasteiger partial charge in [0.1, 0.15) is 0 Å². The van der Waals surface area contributed by atoms with Crippen LogP contribution in [0.25, 0.3) is 10.6 Å². The van der Waals surface area contributed by atoms with Crippen molar-refractivity contribution < 1.29 is 0 Å². The average molecular weight is 240 g/mol. The molecule has 0 unspecified atom stereocenters. The number of nitrogens with zero attached hydrogens (tertiary/aromatic N) is 2. The van der Waals surface area contributed by atoms with E-state index in [2.05, 4.69) is 66.0 Å². The Kier molecular flexibility index (Phi) is 19.0. The van der Waals surface area contributed by atoms with E-state index in [9.17, 15) is 0 Å². The molecule has 0 bridgehead atoms. The van der Waals surface area contributed by atoms with Crippen LogP contribution in [-0.4, -0.2) is 61.9 Å². The monoisotopic (exact) mass is 240 g/mol. The van der Waals surface area contributed by atoms with Crippen molar-refractivity contribution >= 4 is 37.7 Å². The van der Waals surface area contributed by atoms with Crippen LogP contribution in [0.3, 0.4) is 0 Å². The van der Waals surface area contributed by atoms with Crippen LogP contribution < -0.4 is 0 Å². The fourth-order valence-corrected chi connectivity index (χ4v) is 1.19. The van der Waals surface area contributed by atoms with Gasteiger partial charge < -0.3 is 10.6 Å². The van der Waals surface area contributed by atoms with Crippen LogP contribution >= 0.6 is 0 Å². The van der Waals surface area contributed by atoms with Crippen molar-refractivity contribution in [1.82, 2.24) is 0 Å². The van der Waals surface area contributed by atoms with E-state index < -0.39 is 0 Å². The molecule has 0 aromatic heterocycles. The molecule has 2 nitrogen and oxygen atoms in total. The first-order valence-corrected chi connectivity index (χ1v) is 5.65. The van der Waals surface area contributed by atoms with Gasteiger partial charge in [-0.1, -0.05) is 55.4 Å². The summed E-state index contributed by atoms with van der Waals surface area (Å²) in [5, 5.41) is 8.56. The van der Waals surface area contributed by atoms with Crippen LogP contribution in [0, 0.1) is 0 Å². The summed E-state index contributed by atoms with van der Waals surface area (Å²) in [6, 6.07) is 2.00. The fraction of sp³-hybridized carbons (Fsp3) is 1.00. The molecule has 15 heavy (non-hydrogen) atoms. The molecule has 0 aliphatic rings. The molecule has 0 heterocycles. The fourth-order valence-electron chi connectivity index (χ4n) is 1.19. The van der Waals surface area contributed by atoms with Gasteiger partial charge in [-0.15, -0.1) is 24.2 Å². The van der Waals surface area contributed by atoms with E-state index in [0.717, 1.165) is 0 Å². The maximum atomic E-state index is 4.28. The normalized spacial score (nSPS) is 10.4. The SMILES string of the molecule is CC(C)[N-]C(C)C.CC(C)[N-]C(C)C.[Ca+2]. The van der Waals surface area contributed by atoms with Crippen LogP contribution in [-0.2, 0) is 0 Å². The van der Waals surface area contributed by atoms with Crippen molar-refractivity contribution in [3.8, 4) is 0 Å². The van der Waals surface area contributed by atoms with Gasteiger partial charge >= 0.3 is 37.7 Å². The molecule has 0 aliphatic carbocycles. The molecular weight excluding hydrogens is 212 g/mol. The van der Waals surface area contributed by atoms with Crippen molar-refractivity contribution in [2.45, 2.75) is 79.6 Å². The molecule has 3 heteroatoms. The third-order valence-electron chi connectivity index (χ3n) is 1.19. The predicted molar refractivity (Wildman–Crippen MR) is 73.0 cm³/mol. The molecule has 0 saturated heterocycles. The zero-order valence-corrected chi connectivity index (χ0v) is 14.1. The maximum absolute atomic E-state index is 4.28. The smallest absolute Gasteiger partial charge is 0.658 e. The maximum Gasteiger partial charge on any atom is 2.00 e. The van der Waals surface area contributed by atoms with E-state index >= 15 is 0 Å². The van der Waals surface area contributed by atoms with E-state index in [1.54, 1.807) is 0 Å². The zero-order valence-electron chi connectivity index (χ0n) is 11.9. The first-order valence-electron chi connectivity index (χ1n) is 5.65. The Hall–Kier alpha value is 1.18. The Morgan fingerprint density at radius 3 is 0.600 bits per heavy atom. The van der Waals surface area contributed by atoms with Gasteiger partial charge in [0.15, 0.2) is 0 Å². The summed E-state index contributed by atoms with van der Waals surface area (Å²) in [5.74, 6) is 0. The Morgan fingerprint density at radius 1 is 0.467 bits per heavy atom. The molecule has 0 spiro atoms. The van der Waals surface area contributed by atoms with Gasteiger partial charge in [0.05, 0.1) is 0 Å². The van der Waals surface area contributed by atoms with Gasteiger partial charge in [0, 0.05) is 0 Å². The topological polar surface area (TPSA) is 28.2 Å². The summed E-state index contributed by atoms with van der Waals surface area (Å²) < 4.78 is 0. The van der Waals surface area contributed by atoms with Crippen LogP contribution in [0.5, 0.6) is 0 Å². The standard InChI is InChI=1S/2C6H14N.Ca/c2*1-5(2)7-6(3)4;/h2*5-6H,1-4H3;/q2*-1;+2. The second-order valence-corrected chi connectivity index (χ2v) is 4.67. The summed E-state index contributed by atoms with van der Waals surface area (Å²) in [4.78, 5) is 0. The summed E-state index contributed by atoms with van der Waals surface area (Å²) in [6.07, 6.45) is 0. The van der Waals surface area contributed by atoms with Crippen LogP contribution in [0.1, 0.15) is 55.4 Å². The third-order valence-corrected chi connectivity index (χ3v) is 1.19. The van der Waals surface area contributed by atoms with Gasteiger partial charge in [0.2, 0.25) is 0 Å². The molecule has 0 aromatic rings. The van der Waals surface area contributed by atoms with Gasteiger partial charge in [-0.25, -0.2) is 0 Å². The Labute approximate surface area is 127 Å². The molecule has 0 aliphatic heterocycles. The third kappa shape index (κ3) is 31.3. The van der Waals surface area contributed by atoms with Gasteiger partial charge in [0.25, 0.3) is 0 Å². The van der Waals surface area contributed by atoms with E-state index in [0.29, 0.717) is 24.2 Å². The molecule has 0 aromatic carbocycles. The van der Waals surface area contributed by atoms with Crippen molar-refractivity contribution in [3.63, 3.8) is 0 Å². The predicted octanol–water partition coefficient (Wildman–Crippen LogP) is 3.97. The van der Waals surface area contributed by atoms with Crippen molar-refractivity contribution in [2.24, 2.45) is 0 Å². The van der Waals surface area contributed by atoms with E-state index in [-0.39, 0.29) is 37.7 Å². The molecule has 0 fully saturated rings. The van der Waals surface area contributed by atoms with Crippen LogP contribution in [0.2, 0.25) is 0 Å². The van der Waals surface area contributed by atoms with Crippen LogP contribution in [0.15, 0.2) is 0 Å². The van der Waals surface area contributed by atoms with E-state index in [4.69, 9.17) is 0 Å². The molecule has 0 radical (unpaired) electrons. The largest absolute Gasteiger partial charge is 2.00 e. The van der Waals surface area contributed by atoms with Crippen molar-refractivity contribution in [1.29, 1.82) is 0 Å². The number of rotatable bonds is 4. The molecule has 0 saturated carbocycles. The molecule has 0 atom stereocenters. The molecule has 0 N–H and O–H groups in total. The average Bonchev–Trinajstić information content (AvgIpc) is 1.79. The summed E-state index contributed by atoms with van der Waals surface area (Å²) in [7, 11) is 0. The quantitative estimate of drug-likeness (QED) is 0.665. The first-order chi connectivity index (χ1) is 6.25. The van der Waals surface area contributed by atoms with E-state index in [1.807, 2.05) is 0 Å². The van der Waals surface area contributed by atoms with Crippen molar-refractivity contribution in [3.05, 3.63) is 10.6 Å². The van der Waals surface area contributed by atoms with E-state index in [1.165, 1.54) is 0 Å². The summed E-state index contributed by atoms with van der Waals surface area (Å²) >= 11 is 0. The summed E-state index contributed by atoms with van der Waals surface area (Å²) in [5.41, 5.74) is 0. The summed E-state index contributed by atoms with van der Waals surface area (Å²) in [6.45, 7) is 16.8. The first kappa shape index (κ1) is 21.5. The number of hydrogen-bond acceptors (Lipinski definition) is 0. The zero-order chi connectivity index (χ0) is 11.7. The minimum absolute atomic E-state index is 0. The molecular formula is C12H28CaN2. The minimum atomic E-state index is 0. The second kappa shape index (κ2) is 13.2. The van der Waals surface area contributed by atoms with Gasteiger partial charge in [-0.05, 0) is 0 Å². The second-order valence-electron chi connectivity index (χ2n) is 4.67. The Morgan fingerprint density at radius 2 is 0.600 bits per heavy atom.